The van der Waals surface area contributed by atoms with Gasteiger partial charge in [0.1, 0.15) is 13.1 Å². The van der Waals surface area contributed by atoms with Crippen molar-refractivity contribution in [3.63, 3.8) is 0 Å². The number of hydrogen-bond donors (Lipinski definition) is 2. The molecule has 8 heteroatoms. The van der Waals surface area contributed by atoms with Crippen LogP contribution in [0.15, 0.2) is 91.3 Å². The number of aromatic nitrogens is 2. The predicted octanol–water partition coefficient (Wildman–Crippen LogP) is 3.53. The van der Waals surface area contributed by atoms with E-state index in [1.807, 2.05) is 101 Å². The van der Waals surface area contributed by atoms with E-state index in [0.717, 1.165) is 32.9 Å². The van der Waals surface area contributed by atoms with E-state index in [1.165, 1.54) is 0 Å². The molecule has 3 amide bonds. The maximum Gasteiger partial charge on any atom is 0.258 e. The lowest BCUT2D eigenvalue weighted by Gasteiger charge is -2.25. The van der Waals surface area contributed by atoms with E-state index in [0.29, 0.717) is 5.56 Å². The van der Waals surface area contributed by atoms with Gasteiger partial charge in [-0.1, -0.05) is 54.6 Å². The Morgan fingerprint density at radius 2 is 1.46 bits per heavy atom. The van der Waals surface area contributed by atoms with Crippen molar-refractivity contribution in [2.24, 2.45) is 7.05 Å². The SMILES string of the molecule is Cn1cc(C2c3ccccc3C(=O)N2CC(=O)NNC(=O)Cn2ccc3ccccc32)c2ccccc21. The van der Waals surface area contributed by atoms with Gasteiger partial charge in [-0.25, -0.2) is 0 Å². The van der Waals surface area contributed by atoms with E-state index in [2.05, 4.69) is 10.9 Å². The summed E-state index contributed by atoms with van der Waals surface area (Å²) in [6.07, 6.45) is 3.85. The fourth-order valence-electron chi connectivity index (χ4n) is 5.27. The van der Waals surface area contributed by atoms with Gasteiger partial charge < -0.3 is 14.0 Å². The van der Waals surface area contributed by atoms with Gasteiger partial charge in [0.2, 0.25) is 0 Å². The average molecular weight is 492 g/mol. The van der Waals surface area contributed by atoms with Crippen LogP contribution in [0.5, 0.6) is 0 Å². The maximum atomic E-state index is 13.4. The number of aryl methyl sites for hydroxylation is 1. The summed E-state index contributed by atoms with van der Waals surface area (Å²) in [5.74, 6) is -1.05. The normalized spacial score (nSPS) is 14.8. The number of fused-ring (bicyclic) bond motifs is 3. The predicted molar refractivity (Wildman–Crippen MR) is 140 cm³/mol. The van der Waals surface area contributed by atoms with Crippen molar-refractivity contribution in [1.82, 2.24) is 24.9 Å². The summed E-state index contributed by atoms with van der Waals surface area (Å²) in [6.45, 7) is -0.144. The molecule has 1 atom stereocenters. The van der Waals surface area contributed by atoms with Crippen LogP contribution >= 0.6 is 0 Å². The minimum Gasteiger partial charge on any atom is -0.350 e. The van der Waals surface area contributed by atoms with Crippen LogP contribution in [0.1, 0.15) is 27.5 Å². The smallest absolute Gasteiger partial charge is 0.258 e. The van der Waals surface area contributed by atoms with Gasteiger partial charge in [0, 0.05) is 47.0 Å². The Morgan fingerprint density at radius 3 is 2.30 bits per heavy atom. The molecule has 1 aliphatic rings. The molecule has 5 aromatic rings. The Bertz CT molecular complexity index is 1680. The van der Waals surface area contributed by atoms with E-state index >= 15 is 0 Å². The summed E-state index contributed by atoms with van der Waals surface area (Å²) in [7, 11) is 1.97. The molecule has 8 nitrogen and oxygen atoms in total. The molecule has 6 rings (SSSR count). The minimum atomic E-state index is -0.475. The molecule has 0 radical (unpaired) electrons. The Morgan fingerprint density at radius 1 is 0.784 bits per heavy atom. The molecule has 1 aliphatic heterocycles. The number of benzene rings is 3. The molecule has 0 saturated carbocycles. The molecular formula is C29H25N5O3. The second-order valence-corrected chi connectivity index (χ2v) is 9.23. The van der Waals surface area contributed by atoms with Crippen molar-refractivity contribution in [3.05, 3.63) is 108 Å². The van der Waals surface area contributed by atoms with Crippen LogP contribution in [0.4, 0.5) is 0 Å². The van der Waals surface area contributed by atoms with Crippen molar-refractivity contribution < 1.29 is 14.4 Å². The number of hydrazine groups is 1. The third-order valence-electron chi connectivity index (χ3n) is 6.93. The first-order valence-corrected chi connectivity index (χ1v) is 12.1. The number of nitrogens with one attached hydrogen (secondary N) is 2. The highest BCUT2D eigenvalue weighted by atomic mass is 16.2. The summed E-state index contributed by atoms with van der Waals surface area (Å²) in [4.78, 5) is 40.4. The molecule has 37 heavy (non-hydrogen) atoms. The van der Waals surface area contributed by atoms with Crippen LogP contribution in [0, 0.1) is 0 Å². The molecule has 3 aromatic carbocycles. The topological polar surface area (TPSA) is 88.4 Å². The second kappa shape index (κ2) is 8.98. The number of para-hydroxylation sites is 2. The van der Waals surface area contributed by atoms with Gasteiger partial charge in [-0.3, -0.25) is 25.2 Å². The van der Waals surface area contributed by atoms with Crippen molar-refractivity contribution >= 4 is 39.5 Å². The highest BCUT2D eigenvalue weighted by Crippen LogP contribution is 2.41. The summed E-state index contributed by atoms with van der Waals surface area (Å²) in [6, 6.07) is 24.7. The Hall–Kier alpha value is -4.85. The largest absolute Gasteiger partial charge is 0.350 e. The van der Waals surface area contributed by atoms with E-state index in [-0.39, 0.29) is 24.9 Å². The van der Waals surface area contributed by atoms with Crippen molar-refractivity contribution in [2.75, 3.05) is 6.54 Å². The van der Waals surface area contributed by atoms with Gasteiger partial charge >= 0.3 is 0 Å². The van der Waals surface area contributed by atoms with Crippen LogP contribution in [0.3, 0.4) is 0 Å². The molecule has 0 aliphatic carbocycles. The average Bonchev–Trinajstić information content (AvgIpc) is 3.56. The standard InChI is InChI=1S/C29H25N5O3/c1-32-16-23(20-9-5-7-13-25(20)32)28-21-10-3-4-11-22(21)29(37)34(28)18-27(36)31-30-26(35)17-33-15-14-19-8-2-6-12-24(19)33/h2-16,28H,17-18H2,1H3,(H,30,35)(H,31,36). The molecule has 0 spiro atoms. The fraction of sp³-hybridized carbons (Fsp3) is 0.138. The van der Waals surface area contributed by atoms with Crippen LogP contribution in [-0.4, -0.2) is 38.3 Å². The maximum absolute atomic E-state index is 13.4. The van der Waals surface area contributed by atoms with Gasteiger partial charge in [-0.2, -0.15) is 0 Å². The summed E-state index contributed by atoms with van der Waals surface area (Å²) in [5, 5.41) is 2.06. The van der Waals surface area contributed by atoms with Gasteiger partial charge in [-0.15, -0.1) is 0 Å². The number of rotatable bonds is 5. The van der Waals surface area contributed by atoms with Gasteiger partial charge in [0.05, 0.1) is 6.04 Å². The lowest BCUT2D eigenvalue weighted by Crippen LogP contribution is -2.48. The number of nitrogens with zero attached hydrogens (tertiary/aromatic N) is 3. The lowest BCUT2D eigenvalue weighted by molar-refractivity contribution is -0.129. The van der Waals surface area contributed by atoms with Crippen LogP contribution in [-0.2, 0) is 23.2 Å². The molecule has 2 N–H and O–H groups in total. The fourth-order valence-corrected chi connectivity index (χ4v) is 5.27. The molecular weight excluding hydrogens is 466 g/mol. The van der Waals surface area contributed by atoms with Gasteiger partial charge in [0.25, 0.3) is 17.7 Å². The molecule has 0 saturated heterocycles. The summed E-state index contributed by atoms with van der Waals surface area (Å²) >= 11 is 0. The third kappa shape index (κ3) is 3.92. The van der Waals surface area contributed by atoms with Crippen molar-refractivity contribution in [2.45, 2.75) is 12.6 Å². The molecule has 0 bridgehead atoms. The van der Waals surface area contributed by atoms with Gasteiger partial charge in [0.15, 0.2) is 0 Å². The highest BCUT2D eigenvalue weighted by Gasteiger charge is 2.39. The van der Waals surface area contributed by atoms with Crippen molar-refractivity contribution in [1.29, 1.82) is 0 Å². The van der Waals surface area contributed by atoms with E-state index in [9.17, 15) is 14.4 Å². The molecule has 0 fully saturated rings. The first-order valence-electron chi connectivity index (χ1n) is 12.1. The molecule has 184 valence electrons. The first kappa shape index (κ1) is 22.6. The monoisotopic (exact) mass is 491 g/mol. The Labute approximate surface area is 213 Å². The Kier molecular flexibility index (Phi) is 5.49. The lowest BCUT2D eigenvalue weighted by atomic mass is 9.97. The molecule has 3 heterocycles. The minimum absolute atomic E-state index is 0.0561. The molecule has 1 unspecified atom stereocenters. The van der Waals surface area contributed by atoms with E-state index in [4.69, 9.17) is 0 Å². The van der Waals surface area contributed by atoms with Crippen LogP contribution in [0.2, 0.25) is 0 Å². The van der Waals surface area contributed by atoms with Crippen LogP contribution in [0.25, 0.3) is 21.8 Å². The second-order valence-electron chi connectivity index (χ2n) is 9.23. The first-order chi connectivity index (χ1) is 18.0. The van der Waals surface area contributed by atoms with Crippen LogP contribution < -0.4 is 10.9 Å². The quantitative estimate of drug-likeness (QED) is 0.369. The number of amides is 3. The summed E-state index contributed by atoms with van der Waals surface area (Å²) < 4.78 is 3.84. The number of carbonyl (C=O) groups is 3. The van der Waals surface area contributed by atoms with Gasteiger partial charge in [-0.05, 0) is 35.2 Å². The number of carbonyl (C=O) groups excluding carboxylic acids is 3. The Balaban J connectivity index is 1.20. The summed E-state index contributed by atoms with van der Waals surface area (Å²) in [5.41, 5.74) is 9.33. The highest BCUT2D eigenvalue weighted by molar-refractivity contribution is 6.02. The zero-order valence-corrected chi connectivity index (χ0v) is 20.2. The van der Waals surface area contributed by atoms with Crippen molar-refractivity contribution in [3.8, 4) is 0 Å². The molecule has 2 aromatic heterocycles. The zero-order valence-electron chi connectivity index (χ0n) is 20.2. The third-order valence-corrected chi connectivity index (χ3v) is 6.93. The van der Waals surface area contributed by atoms with E-state index < -0.39 is 11.9 Å². The number of hydrogen-bond acceptors (Lipinski definition) is 3. The van der Waals surface area contributed by atoms with E-state index in [1.54, 1.807) is 11.0 Å². The zero-order chi connectivity index (χ0) is 25.5.